The van der Waals surface area contributed by atoms with Gasteiger partial charge in [0.15, 0.2) is 0 Å². The van der Waals surface area contributed by atoms with Crippen LogP contribution in [0.15, 0.2) is 47.4 Å². The average molecular weight is 464 g/mol. The second kappa shape index (κ2) is 10.5. The topological polar surface area (TPSA) is 69.7 Å². The molecule has 3 rings (SSSR count). The van der Waals surface area contributed by atoms with Crippen molar-refractivity contribution in [3.63, 3.8) is 0 Å². The minimum atomic E-state index is -3.70. The van der Waals surface area contributed by atoms with Crippen molar-refractivity contribution in [2.45, 2.75) is 37.0 Å². The molecule has 1 heterocycles. The van der Waals surface area contributed by atoms with Crippen LogP contribution in [-0.2, 0) is 16.4 Å². The van der Waals surface area contributed by atoms with E-state index < -0.39 is 10.0 Å². The van der Waals surface area contributed by atoms with Crippen molar-refractivity contribution < 1.29 is 13.2 Å². The number of nitrogens with zero attached hydrogens (tertiary/aromatic N) is 2. The molecule has 1 N–H and O–H groups in total. The van der Waals surface area contributed by atoms with Crippen LogP contribution in [0.25, 0.3) is 0 Å². The molecule has 0 radical (unpaired) electrons. The summed E-state index contributed by atoms with van der Waals surface area (Å²) in [6.45, 7) is 1.49. The van der Waals surface area contributed by atoms with E-state index in [1.165, 1.54) is 22.0 Å². The van der Waals surface area contributed by atoms with E-state index in [1.807, 2.05) is 14.1 Å². The van der Waals surface area contributed by atoms with Gasteiger partial charge in [0, 0.05) is 45.0 Å². The highest BCUT2D eigenvalue weighted by Crippen LogP contribution is 2.28. The van der Waals surface area contributed by atoms with Crippen molar-refractivity contribution in [3.05, 3.63) is 58.6 Å². The summed E-state index contributed by atoms with van der Waals surface area (Å²) in [6, 6.07) is 12.8. The van der Waals surface area contributed by atoms with E-state index >= 15 is 0 Å². The first kappa shape index (κ1) is 23.6. The van der Waals surface area contributed by atoms with Crippen molar-refractivity contribution in [2.24, 2.45) is 0 Å². The number of halogens is 1. The summed E-state index contributed by atoms with van der Waals surface area (Å²) >= 11 is 6.19. The molecule has 1 saturated heterocycles. The quantitative estimate of drug-likeness (QED) is 0.602. The summed E-state index contributed by atoms with van der Waals surface area (Å²) in [7, 11) is 0.307. The Hall–Kier alpha value is -2.09. The van der Waals surface area contributed by atoms with Crippen molar-refractivity contribution in [1.29, 1.82) is 0 Å². The van der Waals surface area contributed by atoms with Gasteiger partial charge in [-0.15, -0.1) is 0 Å². The number of hydrogen-bond acceptors (Lipinski definition) is 4. The molecule has 0 atom stereocenters. The second-order valence-corrected chi connectivity index (χ2v) is 10.3. The molecule has 8 heteroatoms. The Bertz CT molecular complexity index is 1000. The fourth-order valence-electron chi connectivity index (χ4n) is 3.64. The predicted molar refractivity (Wildman–Crippen MR) is 125 cm³/mol. The van der Waals surface area contributed by atoms with Gasteiger partial charge in [0.1, 0.15) is 4.90 Å². The Labute approximate surface area is 190 Å². The highest BCUT2D eigenvalue weighted by atomic mass is 35.5. The van der Waals surface area contributed by atoms with Crippen molar-refractivity contribution >= 4 is 33.2 Å². The Morgan fingerprint density at radius 3 is 2.39 bits per heavy atom. The molecule has 0 aromatic heterocycles. The standard InChI is InChI=1S/C23H30ClN3O3S/c1-26(2)20-11-8-18(9-12-20)7-6-14-25-23(28)19-10-13-21(24)22(17-19)31(29,30)27-15-4-3-5-16-27/h8-13,17H,3-7,14-16H2,1-2H3,(H,25,28). The Morgan fingerprint density at radius 1 is 1.06 bits per heavy atom. The number of hydrogen-bond donors (Lipinski definition) is 1. The fourth-order valence-corrected chi connectivity index (χ4v) is 5.66. The number of aryl methyl sites for hydroxylation is 1. The summed E-state index contributed by atoms with van der Waals surface area (Å²) in [6.07, 6.45) is 4.36. The third-order valence-corrected chi connectivity index (χ3v) is 7.89. The summed E-state index contributed by atoms with van der Waals surface area (Å²) in [5, 5.41) is 3.02. The largest absolute Gasteiger partial charge is 0.378 e. The van der Waals surface area contributed by atoms with Crippen LogP contribution in [0.5, 0.6) is 0 Å². The van der Waals surface area contributed by atoms with Gasteiger partial charge in [0.25, 0.3) is 5.91 Å². The predicted octanol–water partition coefficient (Wildman–Crippen LogP) is 3.94. The van der Waals surface area contributed by atoms with Gasteiger partial charge < -0.3 is 10.2 Å². The van der Waals surface area contributed by atoms with E-state index in [2.05, 4.69) is 34.5 Å². The van der Waals surface area contributed by atoms with Crippen LogP contribution < -0.4 is 10.2 Å². The van der Waals surface area contributed by atoms with E-state index in [4.69, 9.17) is 11.6 Å². The highest BCUT2D eigenvalue weighted by molar-refractivity contribution is 7.89. The lowest BCUT2D eigenvalue weighted by Crippen LogP contribution is -2.36. The zero-order valence-corrected chi connectivity index (χ0v) is 19.7. The van der Waals surface area contributed by atoms with Gasteiger partial charge in [-0.05, 0) is 61.6 Å². The molecule has 0 saturated carbocycles. The van der Waals surface area contributed by atoms with Gasteiger partial charge in [-0.25, -0.2) is 8.42 Å². The number of amides is 1. The number of piperidine rings is 1. The molecule has 31 heavy (non-hydrogen) atoms. The molecule has 0 unspecified atom stereocenters. The number of sulfonamides is 1. The first-order valence-corrected chi connectivity index (χ1v) is 12.4. The van der Waals surface area contributed by atoms with Gasteiger partial charge in [-0.1, -0.05) is 30.2 Å². The van der Waals surface area contributed by atoms with Crippen LogP contribution in [0.2, 0.25) is 5.02 Å². The molecular formula is C23H30ClN3O3S. The molecule has 6 nitrogen and oxygen atoms in total. The molecule has 0 spiro atoms. The highest BCUT2D eigenvalue weighted by Gasteiger charge is 2.28. The van der Waals surface area contributed by atoms with Crippen LogP contribution in [0.1, 0.15) is 41.6 Å². The molecule has 0 aliphatic carbocycles. The minimum absolute atomic E-state index is 0.00435. The van der Waals surface area contributed by atoms with Gasteiger partial charge in [0.2, 0.25) is 10.0 Å². The van der Waals surface area contributed by atoms with Gasteiger partial charge >= 0.3 is 0 Å². The monoisotopic (exact) mass is 463 g/mol. The normalized spacial score (nSPS) is 14.9. The number of anilines is 1. The first-order chi connectivity index (χ1) is 14.8. The van der Waals surface area contributed by atoms with Crippen LogP contribution in [-0.4, -0.2) is 52.4 Å². The van der Waals surface area contributed by atoms with E-state index in [0.717, 1.165) is 37.8 Å². The van der Waals surface area contributed by atoms with Gasteiger partial charge in [0.05, 0.1) is 5.02 Å². The van der Waals surface area contributed by atoms with Gasteiger partial charge in [-0.3, -0.25) is 4.79 Å². The van der Waals surface area contributed by atoms with Crippen LogP contribution in [0.4, 0.5) is 5.69 Å². The summed E-state index contributed by atoms with van der Waals surface area (Å²) in [5.41, 5.74) is 2.66. The summed E-state index contributed by atoms with van der Waals surface area (Å²) < 4.78 is 27.4. The molecule has 1 aliphatic heterocycles. The lowest BCUT2D eigenvalue weighted by atomic mass is 10.1. The maximum atomic E-state index is 13.0. The fraction of sp³-hybridized carbons (Fsp3) is 0.435. The minimum Gasteiger partial charge on any atom is -0.378 e. The molecule has 168 valence electrons. The molecule has 0 bridgehead atoms. The summed E-state index contributed by atoms with van der Waals surface area (Å²) in [5.74, 6) is -0.297. The van der Waals surface area contributed by atoms with Crippen LogP contribution in [0.3, 0.4) is 0 Å². The SMILES string of the molecule is CN(C)c1ccc(CCCNC(=O)c2ccc(Cl)c(S(=O)(=O)N3CCCCC3)c2)cc1. The number of carbonyl (C=O) groups is 1. The number of carbonyl (C=O) groups excluding carboxylic acids is 1. The lowest BCUT2D eigenvalue weighted by molar-refractivity contribution is 0.0953. The molecule has 1 amide bonds. The third kappa shape index (κ3) is 5.99. The average Bonchev–Trinajstić information content (AvgIpc) is 2.77. The number of rotatable bonds is 8. The zero-order valence-electron chi connectivity index (χ0n) is 18.1. The Balaban J connectivity index is 1.58. The van der Waals surface area contributed by atoms with Crippen LogP contribution in [0, 0.1) is 0 Å². The molecular weight excluding hydrogens is 434 g/mol. The molecule has 2 aromatic carbocycles. The van der Waals surface area contributed by atoms with Crippen LogP contribution >= 0.6 is 11.6 Å². The Morgan fingerprint density at radius 2 is 1.74 bits per heavy atom. The molecule has 1 aliphatic rings. The maximum absolute atomic E-state index is 13.0. The van der Waals surface area contributed by atoms with E-state index in [-0.39, 0.29) is 15.8 Å². The maximum Gasteiger partial charge on any atom is 0.251 e. The van der Waals surface area contributed by atoms with E-state index in [9.17, 15) is 13.2 Å². The number of benzene rings is 2. The first-order valence-electron chi connectivity index (χ1n) is 10.6. The lowest BCUT2D eigenvalue weighted by Gasteiger charge is -2.26. The molecule has 2 aromatic rings. The van der Waals surface area contributed by atoms with Crippen molar-refractivity contribution in [2.75, 3.05) is 38.6 Å². The van der Waals surface area contributed by atoms with Crippen molar-refractivity contribution in [3.8, 4) is 0 Å². The van der Waals surface area contributed by atoms with E-state index in [1.54, 1.807) is 6.07 Å². The van der Waals surface area contributed by atoms with Gasteiger partial charge in [-0.2, -0.15) is 4.31 Å². The third-order valence-electron chi connectivity index (χ3n) is 5.51. The zero-order chi connectivity index (χ0) is 22.4. The smallest absolute Gasteiger partial charge is 0.251 e. The number of nitrogens with one attached hydrogen (secondary N) is 1. The summed E-state index contributed by atoms with van der Waals surface area (Å²) in [4.78, 5) is 14.6. The van der Waals surface area contributed by atoms with Crippen molar-refractivity contribution in [1.82, 2.24) is 9.62 Å². The molecule has 1 fully saturated rings. The Kier molecular flexibility index (Phi) is 7.97. The second-order valence-electron chi connectivity index (χ2n) is 8.03. The van der Waals surface area contributed by atoms with E-state index in [0.29, 0.717) is 25.2 Å².